The summed E-state index contributed by atoms with van der Waals surface area (Å²) >= 11 is 0. The topological polar surface area (TPSA) is 14.8 Å². The zero-order valence-corrected chi connectivity index (χ0v) is 26.2. The second-order valence-corrected chi connectivity index (χ2v) is 13.7. The molecular formula is C42H39N3. The van der Waals surface area contributed by atoms with E-state index in [-0.39, 0.29) is 71.7 Å². The van der Waals surface area contributed by atoms with Crippen LogP contribution in [0, 0.1) is 0 Å². The van der Waals surface area contributed by atoms with Gasteiger partial charge in [0, 0.05) is 51.0 Å². The Kier molecular flexibility index (Phi) is 4.05. The first-order valence-electron chi connectivity index (χ1n) is 20.1. The minimum Gasteiger partial charge on any atom is -0.316 e. The van der Waals surface area contributed by atoms with Crippen molar-refractivity contribution in [1.29, 1.82) is 0 Å². The summed E-state index contributed by atoms with van der Waals surface area (Å²) in [7, 11) is 0. The highest BCUT2D eigenvalue weighted by molar-refractivity contribution is 6.11. The summed E-state index contributed by atoms with van der Waals surface area (Å²) in [5.74, 6) is 0. The molecule has 222 valence electrons. The van der Waals surface area contributed by atoms with Crippen LogP contribution in [0.4, 0.5) is 0 Å². The number of rotatable bonds is 3. The first-order valence-corrected chi connectivity index (χ1v) is 15.1. The molecule has 0 amide bonds. The molecule has 3 aromatic heterocycles. The Morgan fingerprint density at radius 1 is 0.467 bits per heavy atom. The Labute approximate surface area is 279 Å². The highest BCUT2D eigenvalue weighted by atomic mass is 15.0. The quantitative estimate of drug-likeness (QED) is 0.193. The lowest BCUT2D eigenvalue weighted by Gasteiger charge is -2.17. The molecular weight excluding hydrogens is 546 g/mol. The van der Waals surface area contributed by atoms with Crippen LogP contribution in [-0.4, -0.2) is 13.7 Å². The molecule has 8 aromatic rings. The van der Waals surface area contributed by atoms with Crippen LogP contribution >= 0.6 is 0 Å². The Morgan fingerprint density at radius 2 is 0.911 bits per heavy atom. The van der Waals surface area contributed by atoms with Gasteiger partial charge >= 0.3 is 0 Å². The molecule has 0 N–H and O–H groups in total. The number of fused-ring (bicyclic) bond motifs is 5. The highest BCUT2D eigenvalue weighted by Gasteiger charge is 2.23. The Balaban J connectivity index is 1.51. The van der Waals surface area contributed by atoms with Crippen molar-refractivity contribution in [2.75, 3.05) is 0 Å². The first-order chi connectivity index (χ1) is 25.8. The number of hydrogen-bond acceptors (Lipinski definition) is 0. The summed E-state index contributed by atoms with van der Waals surface area (Å²) in [6.45, 7) is 11.6. The third-order valence-corrected chi connectivity index (χ3v) is 8.49. The monoisotopic (exact) mass is 595 g/mol. The van der Waals surface area contributed by atoms with Crippen LogP contribution in [0.3, 0.4) is 0 Å². The van der Waals surface area contributed by atoms with E-state index in [0.29, 0.717) is 33.3 Å². The number of aromatic nitrogens is 3. The summed E-state index contributed by atoms with van der Waals surface area (Å²) in [5, 5.41) is 2.19. The molecule has 8 rings (SSSR count). The van der Waals surface area contributed by atoms with Gasteiger partial charge in [-0.1, -0.05) is 96.0 Å². The molecule has 0 aliphatic rings. The fourth-order valence-electron chi connectivity index (χ4n) is 6.36. The van der Waals surface area contributed by atoms with Crippen LogP contribution in [0.2, 0.25) is 0 Å². The molecule has 0 saturated heterocycles. The summed E-state index contributed by atoms with van der Waals surface area (Å²) in [6, 6.07) is 19.1. The average molecular weight is 596 g/mol. The van der Waals surface area contributed by atoms with Crippen molar-refractivity contribution in [2.45, 2.75) is 52.4 Å². The minimum absolute atomic E-state index is 0.0721. The van der Waals surface area contributed by atoms with E-state index in [9.17, 15) is 2.74 Å². The Morgan fingerprint density at radius 3 is 1.36 bits per heavy atom. The van der Waals surface area contributed by atoms with Crippen molar-refractivity contribution in [3.05, 3.63) is 139 Å². The summed E-state index contributed by atoms with van der Waals surface area (Å²) in [4.78, 5) is 0. The molecule has 0 radical (unpaired) electrons. The fourth-order valence-corrected chi connectivity index (χ4v) is 6.36. The largest absolute Gasteiger partial charge is 0.316 e. The molecule has 0 spiro atoms. The first kappa shape index (κ1) is 18.7. The van der Waals surface area contributed by atoms with E-state index in [0.717, 1.165) is 27.5 Å². The van der Waals surface area contributed by atoms with Gasteiger partial charge in [-0.15, -0.1) is 0 Å². The van der Waals surface area contributed by atoms with Gasteiger partial charge in [-0.25, -0.2) is 0 Å². The SMILES string of the molecule is [2H]c1c([2H])c([2H])c2c(c1[2H])c(C(C)(C)C)c([2H])n2-c1ccc2c(c1)c1cc(-n3c([2H])c(C(C)(C)C)c4c([2H])c([2H])c([2H])c([2H])c43)ccc1n2-c1ccccc1. The molecule has 3 heteroatoms. The lowest BCUT2D eigenvalue weighted by molar-refractivity contribution is 0.594. The third-order valence-electron chi connectivity index (χ3n) is 8.49. The maximum atomic E-state index is 9.46. The maximum absolute atomic E-state index is 9.46. The smallest absolute Gasteiger partial charge is 0.0826 e. The zero-order valence-electron chi connectivity index (χ0n) is 36.2. The molecule has 3 nitrogen and oxygen atoms in total. The van der Waals surface area contributed by atoms with Gasteiger partial charge in [0.1, 0.15) is 0 Å². The molecule has 0 aliphatic heterocycles. The minimum atomic E-state index is -0.615. The van der Waals surface area contributed by atoms with Crippen LogP contribution in [0.5, 0.6) is 0 Å². The van der Waals surface area contributed by atoms with Gasteiger partial charge in [0.25, 0.3) is 0 Å². The van der Waals surface area contributed by atoms with E-state index in [1.54, 1.807) is 9.13 Å². The van der Waals surface area contributed by atoms with Gasteiger partial charge < -0.3 is 13.7 Å². The van der Waals surface area contributed by atoms with Crippen molar-refractivity contribution < 1.29 is 13.7 Å². The number of nitrogens with zero attached hydrogens (tertiary/aromatic N) is 3. The van der Waals surface area contributed by atoms with Crippen molar-refractivity contribution >= 4 is 43.6 Å². The van der Waals surface area contributed by atoms with E-state index >= 15 is 0 Å². The van der Waals surface area contributed by atoms with Crippen LogP contribution in [0.15, 0.2) is 127 Å². The van der Waals surface area contributed by atoms with E-state index in [1.807, 2.05) is 108 Å². The summed E-state index contributed by atoms with van der Waals surface area (Å²) in [5.41, 5.74) is 3.92. The number of hydrogen-bond donors (Lipinski definition) is 0. The van der Waals surface area contributed by atoms with E-state index in [2.05, 4.69) is 4.57 Å². The van der Waals surface area contributed by atoms with E-state index in [1.165, 1.54) is 0 Å². The molecule has 0 atom stereocenters. The van der Waals surface area contributed by atoms with Gasteiger partial charge in [0.15, 0.2) is 0 Å². The number of para-hydroxylation sites is 3. The van der Waals surface area contributed by atoms with Crippen molar-refractivity contribution in [2.24, 2.45) is 0 Å². The molecule has 0 fully saturated rings. The second kappa shape index (κ2) is 9.74. The normalized spacial score (nSPS) is 15.8. The van der Waals surface area contributed by atoms with E-state index < -0.39 is 10.8 Å². The molecule has 5 aromatic carbocycles. The lowest BCUT2D eigenvalue weighted by atomic mass is 9.87. The van der Waals surface area contributed by atoms with E-state index in [4.69, 9.17) is 11.0 Å². The van der Waals surface area contributed by atoms with Crippen molar-refractivity contribution in [1.82, 2.24) is 13.7 Å². The average Bonchev–Trinajstić information content (AvgIpc) is 3.75. The molecule has 0 unspecified atom stereocenters. The summed E-state index contributed by atoms with van der Waals surface area (Å²) in [6.07, 6.45) is 0.144. The summed E-state index contributed by atoms with van der Waals surface area (Å²) < 4.78 is 93.9. The highest BCUT2D eigenvalue weighted by Crippen LogP contribution is 2.39. The maximum Gasteiger partial charge on any atom is 0.0826 e. The van der Waals surface area contributed by atoms with Gasteiger partial charge in [-0.2, -0.15) is 0 Å². The van der Waals surface area contributed by atoms with Crippen LogP contribution in [0.1, 0.15) is 66.4 Å². The Bertz CT molecular complexity index is 2760. The molecule has 3 heterocycles. The van der Waals surface area contributed by atoms with Crippen molar-refractivity contribution in [3.8, 4) is 17.1 Å². The van der Waals surface area contributed by atoms with Crippen LogP contribution < -0.4 is 0 Å². The predicted octanol–water partition coefficient (Wildman–Crippen LogP) is 11.3. The lowest BCUT2D eigenvalue weighted by Crippen LogP contribution is -2.10. The molecule has 0 bridgehead atoms. The van der Waals surface area contributed by atoms with Gasteiger partial charge in [-0.05, 0) is 82.6 Å². The zero-order chi connectivity index (χ0) is 39.8. The fraction of sp³-hybridized carbons (Fsp3) is 0.190. The number of benzene rings is 5. The van der Waals surface area contributed by atoms with Gasteiger partial charge in [-0.3, -0.25) is 0 Å². The third kappa shape index (κ3) is 4.33. The molecule has 0 saturated carbocycles. The standard InChI is InChI=1S/C42H39N3/c1-41(2,3)35-26-43(37-18-12-10-16-31(35)37)29-20-22-39-33(24-29)34-25-30(21-23-40(34)45(39)28-14-8-7-9-15-28)44-27-36(42(4,5)6)32-17-11-13-19-38(32)44/h7-27H,1-6H3/i10D,11D,12D,13D,16D,17D,18D,19D,26D,27D. The molecule has 45 heavy (non-hydrogen) atoms. The van der Waals surface area contributed by atoms with Crippen LogP contribution in [-0.2, 0) is 10.8 Å². The van der Waals surface area contributed by atoms with Gasteiger partial charge in [0.05, 0.1) is 35.8 Å². The second-order valence-electron chi connectivity index (χ2n) is 13.7. The molecule has 0 aliphatic carbocycles. The Hall–Kier alpha value is -5.02. The van der Waals surface area contributed by atoms with Crippen LogP contribution in [0.25, 0.3) is 60.7 Å². The predicted molar refractivity (Wildman–Crippen MR) is 192 cm³/mol. The van der Waals surface area contributed by atoms with Crippen molar-refractivity contribution in [3.63, 3.8) is 0 Å². The van der Waals surface area contributed by atoms with Gasteiger partial charge in [0.2, 0.25) is 0 Å².